The van der Waals surface area contributed by atoms with Gasteiger partial charge < -0.3 is 14.8 Å². The Hall–Kier alpha value is -2.25. The van der Waals surface area contributed by atoms with Gasteiger partial charge in [-0.25, -0.2) is 9.97 Å². The van der Waals surface area contributed by atoms with Gasteiger partial charge in [0.05, 0.1) is 0 Å². The molecule has 1 N–H and O–H groups in total. The number of nitrogens with zero attached hydrogens (tertiary/aromatic N) is 5. The Labute approximate surface area is 172 Å². The number of likely N-dealkylation sites (N-methyl/N-ethyl adjacent to an activating group) is 1. The summed E-state index contributed by atoms with van der Waals surface area (Å²) in [7, 11) is 2.27. The molecule has 1 unspecified atom stereocenters. The molecule has 0 aromatic carbocycles. The van der Waals surface area contributed by atoms with E-state index in [1.54, 1.807) is 6.07 Å². The normalized spacial score (nSPS) is 21.4. The van der Waals surface area contributed by atoms with Crippen LogP contribution in [0.4, 0.5) is 5.82 Å². The lowest BCUT2D eigenvalue weighted by Crippen LogP contribution is -2.52. The number of hydrogen-bond acceptors (Lipinski definition) is 6. The molecule has 29 heavy (non-hydrogen) atoms. The molecular formula is C22H32N6O. The van der Waals surface area contributed by atoms with E-state index in [1.807, 2.05) is 25.3 Å². The lowest BCUT2D eigenvalue weighted by Gasteiger charge is -2.40. The number of piperidine rings is 1. The van der Waals surface area contributed by atoms with Crippen LogP contribution in [0, 0.1) is 0 Å². The van der Waals surface area contributed by atoms with Crippen molar-refractivity contribution in [3.8, 4) is 11.4 Å². The maximum absolute atomic E-state index is 11.8. The zero-order chi connectivity index (χ0) is 20.2. The molecule has 7 heteroatoms. The molecule has 7 nitrogen and oxygen atoms in total. The number of anilines is 1. The molecule has 156 valence electrons. The summed E-state index contributed by atoms with van der Waals surface area (Å²) in [4.78, 5) is 31.3. The highest BCUT2D eigenvalue weighted by atomic mass is 16.1. The summed E-state index contributed by atoms with van der Waals surface area (Å²) in [5, 5.41) is 0. The first-order chi connectivity index (χ1) is 14.1. The lowest BCUT2D eigenvalue weighted by atomic mass is 10.0. The molecule has 2 aliphatic rings. The smallest absolute Gasteiger partial charge is 0.251 e. The fourth-order valence-corrected chi connectivity index (χ4v) is 4.37. The number of nitrogens with one attached hydrogen (secondary N) is 1. The Morgan fingerprint density at radius 3 is 2.66 bits per heavy atom. The van der Waals surface area contributed by atoms with Crippen molar-refractivity contribution >= 4 is 5.82 Å². The summed E-state index contributed by atoms with van der Waals surface area (Å²) >= 11 is 0. The van der Waals surface area contributed by atoms with Crippen LogP contribution in [0.15, 0.2) is 29.2 Å². The minimum atomic E-state index is -0.115. The number of hydrogen-bond donors (Lipinski definition) is 1. The molecule has 2 fully saturated rings. The van der Waals surface area contributed by atoms with E-state index < -0.39 is 0 Å². The average molecular weight is 397 g/mol. The van der Waals surface area contributed by atoms with E-state index in [2.05, 4.69) is 36.7 Å². The largest absolute Gasteiger partial charge is 0.354 e. The van der Waals surface area contributed by atoms with Gasteiger partial charge in [0.25, 0.3) is 5.56 Å². The Kier molecular flexibility index (Phi) is 6.25. The van der Waals surface area contributed by atoms with Crippen molar-refractivity contribution in [3.63, 3.8) is 0 Å². The second kappa shape index (κ2) is 9.05. The molecule has 4 heterocycles. The van der Waals surface area contributed by atoms with Crippen molar-refractivity contribution in [3.05, 3.63) is 40.4 Å². The maximum atomic E-state index is 11.8. The third-order valence-corrected chi connectivity index (χ3v) is 6.27. The van der Waals surface area contributed by atoms with Crippen LogP contribution >= 0.6 is 0 Å². The van der Waals surface area contributed by atoms with E-state index in [9.17, 15) is 4.79 Å². The van der Waals surface area contributed by atoms with Crippen LogP contribution in [0.25, 0.3) is 11.4 Å². The number of pyridine rings is 1. The van der Waals surface area contributed by atoms with Gasteiger partial charge in [0.2, 0.25) is 0 Å². The fraction of sp³-hybridized carbons (Fsp3) is 0.591. The van der Waals surface area contributed by atoms with Crippen molar-refractivity contribution < 1.29 is 0 Å². The summed E-state index contributed by atoms with van der Waals surface area (Å²) in [6.45, 7) is 8.60. The van der Waals surface area contributed by atoms with Gasteiger partial charge in [0.15, 0.2) is 0 Å². The summed E-state index contributed by atoms with van der Waals surface area (Å²) in [6, 6.07) is 6.30. The Morgan fingerprint density at radius 2 is 1.97 bits per heavy atom. The number of aromatic amines is 1. The molecule has 0 bridgehead atoms. The molecule has 2 saturated heterocycles. The van der Waals surface area contributed by atoms with E-state index in [4.69, 9.17) is 0 Å². The monoisotopic (exact) mass is 396 g/mol. The second-order valence-corrected chi connectivity index (χ2v) is 8.26. The number of H-pyrrole nitrogens is 1. The van der Waals surface area contributed by atoms with Gasteiger partial charge >= 0.3 is 0 Å². The van der Waals surface area contributed by atoms with Gasteiger partial charge in [-0.15, -0.1) is 0 Å². The van der Waals surface area contributed by atoms with E-state index in [1.165, 1.54) is 32.4 Å². The molecule has 0 amide bonds. The molecular weight excluding hydrogens is 364 g/mol. The molecule has 0 saturated carbocycles. The van der Waals surface area contributed by atoms with Crippen LogP contribution in [0.5, 0.6) is 0 Å². The van der Waals surface area contributed by atoms with Gasteiger partial charge in [-0.2, -0.15) is 0 Å². The SMILES string of the molecule is CCc1cc(=O)[nH]c(-c2ccc(N3CCN(CC4CCCCN4C)CC3)nc2)n1. The zero-order valence-corrected chi connectivity index (χ0v) is 17.6. The first-order valence-corrected chi connectivity index (χ1v) is 10.9. The van der Waals surface area contributed by atoms with Gasteiger partial charge in [-0.05, 0) is 45.0 Å². The van der Waals surface area contributed by atoms with Gasteiger partial charge in [-0.1, -0.05) is 13.3 Å². The molecule has 0 aliphatic carbocycles. The van der Waals surface area contributed by atoms with Crippen molar-refractivity contribution in [2.24, 2.45) is 0 Å². The van der Waals surface area contributed by atoms with Crippen molar-refractivity contribution in [2.75, 3.05) is 51.2 Å². The third kappa shape index (κ3) is 4.85. The minimum Gasteiger partial charge on any atom is -0.354 e. The summed E-state index contributed by atoms with van der Waals surface area (Å²) in [5.74, 6) is 1.59. The summed E-state index contributed by atoms with van der Waals surface area (Å²) in [6.07, 6.45) is 6.59. The first kappa shape index (κ1) is 20.0. The summed E-state index contributed by atoms with van der Waals surface area (Å²) < 4.78 is 0. The first-order valence-electron chi connectivity index (χ1n) is 10.9. The standard InChI is InChI=1S/C22H32N6O/c1-3-18-14-21(29)25-22(24-18)17-7-8-20(23-15-17)28-12-10-27(11-13-28)16-19-6-4-5-9-26(19)2/h7-8,14-15,19H,3-6,9-13,16H2,1-2H3,(H,24,25,29). The highest BCUT2D eigenvalue weighted by Gasteiger charge is 2.24. The Morgan fingerprint density at radius 1 is 1.14 bits per heavy atom. The van der Waals surface area contributed by atoms with E-state index in [0.29, 0.717) is 11.9 Å². The van der Waals surface area contributed by atoms with E-state index in [-0.39, 0.29) is 5.56 Å². The number of aromatic nitrogens is 3. The third-order valence-electron chi connectivity index (χ3n) is 6.27. The molecule has 1 atom stereocenters. The van der Waals surface area contributed by atoms with Crippen LogP contribution < -0.4 is 10.5 Å². The van der Waals surface area contributed by atoms with Crippen LogP contribution in [0.2, 0.25) is 0 Å². The van der Waals surface area contributed by atoms with Gasteiger partial charge in [0.1, 0.15) is 11.6 Å². The highest BCUT2D eigenvalue weighted by molar-refractivity contribution is 5.56. The average Bonchev–Trinajstić information content (AvgIpc) is 2.75. The number of aryl methyl sites for hydroxylation is 1. The predicted molar refractivity (Wildman–Crippen MR) is 116 cm³/mol. The van der Waals surface area contributed by atoms with Crippen LogP contribution in [0.1, 0.15) is 31.9 Å². The molecule has 4 rings (SSSR count). The quantitative estimate of drug-likeness (QED) is 0.834. The van der Waals surface area contributed by atoms with Gasteiger partial charge in [0, 0.05) is 62.3 Å². The molecule has 0 radical (unpaired) electrons. The molecule has 2 aliphatic heterocycles. The topological polar surface area (TPSA) is 68.4 Å². The molecule has 2 aromatic rings. The van der Waals surface area contributed by atoms with Crippen LogP contribution in [-0.2, 0) is 6.42 Å². The number of piperazine rings is 1. The second-order valence-electron chi connectivity index (χ2n) is 8.26. The highest BCUT2D eigenvalue weighted by Crippen LogP contribution is 2.20. The zero-order valence-electron chi connectivity index (χ0n) is 17.6. The molecule has 2 aromatic heterocycles. The summed E-state index contributed by atoms with van der Waals surface area (Å²) in [5.41, 5.74) is 1.53. The van der Waals surface area contributed by atoms with Crippen molar-refractivity contribution in [1.29, 1.82) is 0 Å². The van der Waals surface area contributed by atoms with Gasteiger partial charge in [-0.3, -0.25) is 9.69 Å². The van der Waals surface area contributed by atoms with E-state index >= 15 is 0 Å². The van der Waals surface area contributed by atoms with E-state index in [0.717, 1.165) is 49.7 Å². The minimum absolute atomic E-state index is 0.115. The predicted octanol–water partition coefficient (Wildman–Crippen LogP) is 2.00. The number of rotatable bonds is 5. The van der Waals surface area contributed by atoms with Crippen molar-refractivity contribution in [1.82, 2.24) is 24.8 Å². The maximum Gasteiger partial charge on any atom is 0.251 e. The Balaban J connectivity index is 1.36. The molecule has 0 spiro atoms. The lowest BCUT2D eigenvalue weighted by molar-refractivity contribution is 0.124. The van der Waals surface area contributed by atoms with Crippen LogP contribution in [-0.4, -0.2) is 77.1 Å². The number of likely N-dealkylation sites (tertiary alicyclic amines) is 1. The fourth-order valence-electron chi connectivity index (χ4n) is 4.37. The Bertz CT molecular complexity index is 856. The van der Waals surface area contributed by atoms with Crippen molar-refractivity contribution in [2.45, 2.75) is 38.6 Å². The van der Waals surface area contributed by atoms with Crippen LogP contribution in [0.3, 0.4) is 0 Å².